The van der Waals surface area contributed by atoms with Crippen molar-refractivity contribution in [2.75, 3.05) is 10.2 Å². The minimum absolute atomic E-state index is 0.0464. The molecule has 2 N–H and O–H groups in total. The molecule has 2 aromatic rings. The summed E-state index contributed by atoms with van der Waals surface area (Å²) in [5.41, 5.74) is 2.24. The van der Waals surface area contributed by atoms with E-state index in [0.29, 0.717) is 5.69 Å². The molecule has 0 radical (unpaired) electrons. The molecule has 0 aliphatic carbocycles. The molecule has 7 nitrogen and oxygen atoms in total. The Balaban J connectivity index is 1.78. The van der Waals surface area contributed by atoms with Crippen molar-refractivity contribution in [3.63, 3.8) is 0 Å². The maximum absolute atomic E-state index is 12.6. The van der Waals surface area contributed by atoms with E-state index in [0.717, 1.165) is 33.9 Å². The van der Waals surface area contributed by atoms with Gasteiger partial charge in [0.25, 0.3) is 5.91 Å². The molecule has 1 aliphatic heterocycles. The largest absolute Gasteiger partial charge is 0.481 e. The van der Waals surface area contributed by atoms with Crippen LogP contribution in [0, 0.1) is 0 Å². The number of aryl methyl sites for hydroxylation is 1. The second-order valence-electron chi connectivity index (χ2n) is 5.67. The third-order valence-corrected chi connectivity index (χ3v) is 4.81. The number of carboxylic acid groups (broad SMARTS) is 1. The molecule has 130 valence electrons. The zero-order chi connectivity index (χ0) is 18.0. The molecular weight excluding hydrogens is 342 g/mol. The number of hydrogen-bond donors (Lipinski definition) is 2. The Morgan fingerprint density at radius 3 is 2.88 bits per heavy atom. The zero-order valence-corrected chi connectivity index (χ0v) is 14.4. The van der Waals surface area contributed by atoms with Gasteiger partial charge >= 0.3 is 5.97 Å². The number of anilines is 2. The van der Waals surface area contributed by atoms with Gasteiger partial charge in [-0.2, -0.15) is 0 Å². The van der Waals surface area contributed by atoms with Crippen LogP contribution in [0.4, 0.5) is 10.8 Å². The standard InChI is InChI=1S/C17H17N3O4S/c1-2-10-5-3-4-6-12(10)19-13-8-14(21)20(16(13)24)17-18-11(9-25-17)7-15(22)23/h3-6,9,13,19H,2,7-8H2,1H3,(H,22,23). The summed E-state index contributed by atoms with van der Waals surface area (Å²) in [4.78, 5) is 40.8. The second-order valence-corrected chi connectivity index (χ2v) is 6.51. The fraction of sp³-hybridized carbons (Fsp3) is 0.294. The minimum Gasteiger partial charge on any atom is -0.481 e. The number of imide groups is 1. The molecular formula is C17H17N3O4S. The zero-order valence-electron chi connectivity index (χ0n) is 13.6. The molecule has 3 rings (SSSR count). The first-order chi connectivity index (χ1) is 12.0. The average molecular weight is 359 g/mol. The van der Waals surface area contributed by atoms with Crippen LogP contribution in [0.15, 0.2) is 29.6 Å². The molecule has 0 bridgehead atoms. The van der Waals surface area contributed by atoms with Crippen LogP contribution in [0.1, 0.15) is 24.6 Å². The number of carbonyl (C=O) groups is 3. The van der Waals surface area contributed by atoms with E-state index in [2.05, 4.69) is 10.3 Å². The second kappa shape index (κ2) is 7.02. The van der Waals surface area contributed by atoms with E-state index >= 15 is 0 Å². The normalized spacial score (nSPS) is 17.2. The third kappa shape index (κ3) is 3.53. The predicted octanol–water partition coefficient (Wildman–Crippen LogP) is 2.08. The van der Waals surface area contributed by atoms with E-state index in [1.54, 1.807) is 5.38 Å². The molecule has 8 heteroatoms. The number of carbonyl (C=O) groups excluding carboxylic acids is 2. The van der Waals surface area contributed by atoms with Crippen molar-refractivity contribution >= 4 is 39.9 Å². The summed E-state index contributed by atoms with van der Waals surface area (Å²) in [6, 6.07) is 7.01. The lowest BCUT2D eigenvalue weighted by molar-refractivity contribution is -0.136. The van der Waals surface area contributed by atoms with Gasteiger partial charge in [0, 0.05) is 11.1 Å². The van der Waals surface area contributed by atoms with Crippen LogP contribution < -0.4 is 10.2 Å². The van der Waals surface area contributed by atoms with E-state index in [-0.39, 0.29) is 29.8 Å². The highest BCUT2D eigenvalue weighted by Gasteiger charge is 2.41. The Bertz CT molecular complexity index is 833. The van der Waals surface area contributed by atoms with Gasteiger partial charge in [-0.3, -0.25) is 14.4 Å². The van der Waals surface area contributed by atoms with Gasteiger partial charge < -0.3 is 10.4 Å². The van der Waals surface area contributed by atoms with Gasteiger partial charge in [0.1, 0.15) is 6.04 Å². The summed E-state index contributed by atoms with van der Waals surface area (Å²) in [6.07, 6.45) is 0.621. The molecule has 1 aromatic heterocycles. The highest BCUT2D eigenvalue weighted by molar-refractivity contribution is 7.14. The minimum atomic E-state index is -1.01. The molecule has 0 spiro atoms. The van der Waals surface area contributed by atoms with E-state index in [4.69, 9.17) is 5.11 Å². The molecule has 2 heterocycles. The third-order valence-electron chi connectivity index (χ3n) is 3.94. The summed E-state index contributed by atoms with van der Waals surface area (Å²) in [6.45, 7) is 2.02. The fourth-order valence-electron chi connectivity index (χ4n) is 2.74. The first kappa shape index (κ1) is 17.1. The quantitative estimate of drug-likeness (QED) is 0.766. The van der Waals surface area contributed by atoms with Gasteiger partial charge in [-0.25, -0.2) is 9.88 Å². The van der Waals surface area contributed by atoms with Gasteiger partial charge in [-0.1, -0.05) is 25.1 Å². The van der Waals surface area contributed by atoms with Crippen molar-refractivity contribution in [3.05, 3.63) is 40.9 Å². The summed E-state index contributed by atoms with van der Waals surface area (Å²) in [5.74, 6) is -1.72. The van der Waals surface area contributed by atoms with Crippen molar-refractivity contribution in [1.29, 1.82) is 0 Å². The van der Waals surface area contributed by atoms with Crippen LogP contribution >= 0.6 is 11.3 Å². The van der Waals surface area contributed by atoms with E-state index < -0.39 is 12.0 Å². The maximum atomic E-state index is 12.6. The van der Waals surface area contributed by atoms with Crippen molar-refractivity contribution in [1.82, 2.24) is 4.98 Å². The molecule has 1 unspecified atom stereocenters. The van der Waals surface area contributed by atoms with E-state index in [1.165, 1.54) is 0 Å². The smallest absolute Gasteiger partial charge is 0.309 e. The number of para-hydroxylation sites is 1. The molecule has 25 heavy (non-hydrogen) atoms. The predicted molar refractivity (Wildman–Crippen MR) is 93.8 cm³/mol. The van der Waals surface area contributed by atoms with Crippen molar-refractivity contribution in [2.45, 2.75) is 32.2 Å². The molecule has 2 amide bonds. The number of hydrogen-bond acceptors (Lipinski definition) is 6. The highest BCUT2D eigenvalue weighted by Crippen LogP contribution is 2.28. The Hall–Kier alpha value is -2.74. The number of thiazole rings is 1. The first-order valence-corrected chi connectivity index (χ1v) is 8.75. The summed E-state index contributed by atoms with van der Waals surface area (Å²) in [5, 5.41) is 13.7. The van der Waals surface area contributed by atoms with Crippen LogP contribution in [-0.4, -0.2) is 33.9 Å². The van der Waals surface area contributed by atoms with E-state index in [9.17, 15) is 14.4 Å². The molecule has 1 aliphatic rings. The van der Waals surface area contributed by atoms with Gasteiger partial charge in [0.05, 0.1) is 18.5 Å². The number of nitrogens with one attached hydrogen (secondary N) is 1. The Morgan fingerprint density at radius 1 is 1.40 bits per heavy atom. The van der Waals surface area contributed by atoms with Gasteiger partial charge in [-0.15, -0.1) is 11.3 Å². The van der Waals surface area contributed by atoms with Gasteiger partial charge in [-0.05, 0) is 18.1 Å². The lowest BCUT2D eigenvalue weighted by Crippen LogP contribution is -2.35. The fourth-order valence-corrected chi connectivity index (χ4v) is 3.58. The summed E-state index contributed by atoms with van der Waals surface area (Å²) < 4.78 is 0. The maximum Gasteiger partial charge on any atom is 0.309 e. The number of aromatic nitrogens is 1. The molecule has 1 aromatic carbocycles. The number of amides is 2. The molecule has 0 saturated carbocycles. The van der Waals surface area contributed by atoms with Crippen molar-refractivity contribution < 1.29 is 19.5 Å². The number of benzene rings is 1. The summed E-state index contributed by atoms with van der Waals surface area (Å²) >= 11 is 1.09. The van der Waals surface area contributed by atoms with Crippen LogP contribution in [0.2, 0.25) is 0 Å². The monoisotopic (exact) mass is 359 g/mol. The molecule has 1 atom stereocenters. The lowest BCUT2D eigenvalue weighted by atomic mass is 10.1. The number of nitrogens with zero attached hydrogens (tertiary/aromatic N) is 2. The van der Waals surface area contributed by atoms with Gasteiger partial charge in [0.15, 0.2) is 5.13 Å². The van der Waals surface area contributed by atoms with Crippen LogP contribution in [0.3, 0.4) is 0 Å². The Morgan fingerprint density at radius 2 is 2.16 bits per heavy atom. The van der Waals surface area contributed by atoms with E-state index in [1.807, 2.05) is 31.2 Å². The number of aliphatic carboxylic acids is 1. The average Bonchev–Trinajstić information content (AvgIpc) is 3.12. The number of carboxylic acids is 1. The van der Waals surface area contributed by atoms with Crippen molar-refractivity contribution in [3.8, 4) is 0 Å². The van der Waals surface area contributed by atoms with Crippen molar-refractivity contribution in [2.24, 2.45) is 0 Å². The van der Waals surface area contributed by atoms with Crippen LogP contribution in [0.5, 0.6) is 0 Å². The highest BCUT2D eigenvalue weighted by atomic mass is 32.1. The molecule has 1 fully saturated rings. The summed E-state index contributed by atoms with van der Waals surface area (Å²) in [7, 11) is 0. The van der Waals surface area contributed by atoms with Crippen LogP contribution in [-0.2, 0) is 27.2 Å². The lowest BCUT2D eigenvalue weighted by Gasteiger charge is -2.16. The van der Waals surface area contributed by atoms with Gasteiger partial charge in [0.2, 0.25) is 5.91 Å². The molecule has 1 saturated heterocycles. The topological polar surface area (TPSA) is 99.6 Å². The Labute approximate surface area is 148 Å². The first-order valence-electron chi connectivity index (χ1n) is 7.87. The SMILES string of the molecule is CCc1ccccc1NC1CC(=O)N(c2nc(CC(=O)O)cs2)C1=O. The number of rotatable bonds is 6. The Kier molecular flexibility index (Phi) is 4.80. The van der Waals surface area contributed by atoms with Crippen LogP contribution in [0.25, 0.3) is 0 Å².